The summed E-state index contributed by atoms with van der Waals surface area (Å²) in [6.07, 6.45) is 0. The monoisotopic (exact) mass is 295 g/mol. The van der Waals surface area contributed by atoms with Gasteiger partial charge in [-0.25, -0.2) is 0 Å². The molecule has 4 heteroatoms. The molecule has 20 heavy (non-hydrogen) atoms. The van der Waals surface area contributed by atoms with Gasteiger partial charge in [0.25, 0.3) is 0 Å². The Balaban J connectivity index is 2.65. The molecule has 3 nitrogen and oxygen atoms in total. The lowest BCUT2D eigenvalue weighted by atomic mass is 10.1. The van der Waals surface area contributed by atoms with Crippen molar-refractivity contribution < 1.29 is 9.53 Å². The second-order valence-electron chi connectivity index (χ2n) is 6.09. The van der Waals surface area contributed by atoms with E-state index in [0.29, 0.717) is 5.75 Å². The van der Waals surface area contributed by atoms with E-state index in [4.69, 9.17) is 10.5 Å². The highest BCUT2D eigenvalue weighted by atomic mass is 32.2. The number of ether oxygens (including phenoxy) is 1. The molecule has 0 aromatic heterocycles. The van der Waals surface area contributed by atoms with Crippen LogP contribution in [-0.2, 0) is 9.53 Å². The molecule has 1 aromatic rings. The Morgan fingerprint density at radius 1 is 1.30 bits per heavy atom. The first-order chi connectivity index (χ1) is 9.19. The van der Waals surface area contributed by atoms with Crippen molar-refractivity contribution in [3.63, 3.8) is 0 Å². The molecular formula is C16H25NO2S. The summed E-state index contributed by atoms with van der Waals surface area (Å²) in [5.74, 6) is 0.123. The third-order valence-corrected chi connectivity index (χ3v) is 4.15. The van der Waals surface area contributed by atoms with Crippen molar-refractivity contribution in [3.05, 3.63) is 35.4 Å². The minimum Gasteiger partial charge on any atom is -0.459 e. The molecule has 0 fully saturated rings. The maximum absolute atomic E-state index is 11.8. The van der Waals surface area contributed by atoms with E-state index in [0.717, 1.165) is 5.56 Å². The van der Waals surface area contributed by atoms with E-state index >= 15 is 0 Å². The van der Waals surface area contributed by atoms with Crippen LogP contribution in [0, 0.1) is 6.92 Å². The van der Waals surface area contributed by atoms with Gasteiger partial charge in [-0.1, -0.05) is 29.8 Å². The molecule has 0 aliphatic heterocycles. The van der Waals surface area contributed by atoms with Gasteiger partial charge in [0.15, 0.2) is 0 Å². The Morgan fingerprint density at radius 3 is 2.30 bits per heavy atom. The van der Waals surface area contributed by atoms with Crippen molar-refractivity contribution in [2.45, 2.75) is 51.5 Å². The van der Waals surface area contributed by atoms with Crippen molar-refractivity contribution >= 4 is 17.7 Å². The first-order valence-corrected chi connectivity index (χ1v) is 7.89. The van der Waals surface area contributed by atoms with Crippen LogP contribution in [0.15, 0.2) is 24.3 Å². The molecule has 2 atom stereocenters. The van der Waals surface area contributed by atoms with Gasteiger partial charge in [0, 0.05) is 11.3 Å². The van der Waals surface area contributed by atoms with Gasteiger partial charge in [0.1, 0.15) is 5.60 Å². The molecule has 2 unspecified atom stereocenters. The number of hydrogen-bond donors (Lipinski definition) is 1. The van der Waals surface area contributed by atoms with Crippen LogP contribution in [0.3, 0.4) is 0 Å². The average molecular weight is 295 g/mol. The summed E-state index contributed by atoms with van der Waals surface area (Å²) >= 11 is 1.54. The van der Waals surface area contributed by atoms with Crippen molar-refractivity contribution in [1.82, 2.24) is 0 Å². The number of aryl methyl sites for hydroxylation is 1. The van der Waals surface area contributed by atoms with Crippen LogP contribution < -0.4 is 5.73 Å². The summed E-state index contributed by atoms with van der Waals surface area (Å²) in [6, 6.07) is 8.26. The van der Waals surface area contributed by atoms with Gasteiger partial charge >= 0.3 is 5.97 Å². The van der Waals surface area contributed by atoms with Crippen molar-refractivity contribution in [3.8, 4) is 0 Å². The quantitative estimate of drug-likeness (QED) is 0.845. The van der Waals surface area contributed by atoms with Gasteiger partial charge in [-0.05, 0) is 40.2 Å². The standard InChI is InChI=1S/C16H25NO2S/c1-11-6-8-13(9-7-11)15(12(2)17)20-10-14(18)19-16(3,4)5/h6-9,12,15H,10,17H2,1-5H3. The zero-order chi connectivity index (χ0) is 15.3. The minimum atomic E-state index is -0.439. The fourth-order valence-electron chi connectivity index (χ4n) is 1.84. The molecule has 1 aromatic carbocycles. The van der Waals surface area contributed by atoms with E-state index in [1.165, 1.54) is 17.3 Å². The molecule has 112 valence electrons. The van der Waals surface area contributed by atoms with E-state index < -0.39 is 5.60 Å². The van der Waals surface area contributed by atoms with Gasteiger partial charge in [0.05, 0.1) is 5.75 Å². The Hall–Kier alpha value is -1.00. The smallest absolute Gasteiger partial charge is 0.316 e. The highest BCUT2D eigenvalue weighted by Gasteiger charge is 2.21. The average Bonchev–Trinajstić information content (AvgIpc) is 2.29. The Kier molecular flexibility index (Phi) is 6.08. The van der Waals surface area contributed by atoms with Gasteiger partial charge in [-0.15, -0.1) is 11.8 Å². The van der Waals surface area contributed by atoms with Gasteiger partial charge in [-0.2, -0.15) is 0 Å². The summed E-state index contributed by atoms with van der Waals surface area (Å²) in [5.41, 5.74) is 7.98. The Labute approximate surface area is 126 Å². The van der Waals surface area contributed by atoms with E-state index in [9.17, 15) is 4.79 Å². The van der Waals surface area contributed by atoms with Crippen LogP contribution in [0.5, 0.6) is 0 Å². The number of esters is 1. The molecular weight excluding hydrogens is 270 g/mol. The zero-order valence-corrected chi connectivity index (χ0v) is 13.8. The summed E-state index contributed by atoms with van der Waals surface area (Å²) < 4.78 is 5.32. The maximum Gasteiger partial charge on any atom is 0.316 e. The first-order valence-electron chi connectivity index (χ1n) is 6.84. The van der Waals surface area contributed by atoms with E-state index in [1.54, 1.807) is 0 Å². The second-order valence-corrected chi connectivity index (χ2v) is 7.22. The molecule has 0 aliphatic carbocycles. The van der Waals surface area contributed by atoms with Gasteiger partial charge in [0.2, 0.25) is 0 Å². The number of rotatable bonds is 5. The number of hydrogen-bond acceptors (Lipinski definition) is 4. The number of carbonyl (C=O) groups is 1. The number of benzene rings is 1. The summed E-state index contributed by atoms with van der Waals surface area (Å²) in [4.78, 5) is 11.8. The SMILES string of the molecule is Cc1ccc(C(SCC(=O)OC(C)(C)C)C(C)N)cc1. The third kappa shape index (κ3) is 5.97. The highest BCUT2D eigenvalue weighted by Crippen LogP contribution is 2.31. The highest BCUT2D eigenvalue weighted by molar-refractivity contribution is 8.00. The van der Waals surface area contributed by atoms with Crippen LogP contribution in [0.2, 0.25) is 0 Å². The normalized spacial score (nSPS) is 14.7. The molecule has 1 rings (SSSR count). The van der Waals surface area contributed by atoms with E-state index in [-0.39, 0.29) is 17.3 Å². The molecule has 0 bridgehead atoms. The lowest BCUT2D eigenvalue weighted by Crippen LogP contribution is -2.27. The largest absolute Gasteiger partial charge is 0.459 e. The Bertz CT molecular complexity index is 435. The van der Waals surface area contributed by atoms with Crippen LogP contribution in [-0.4, -0.2) is 23.4 Å². The lowest BCUT2D eigenvalue weighted by molar-refractivity contribution is -0.151. The molecule has 0 spiro atoms. The Morgan fingerprint density at radius 2 is 1.85 bits per heavy atom. The van der Waals surface area contributed by atoms with Crippen LogP contribution in [0.25, 0.3) is 0 Å². The fourth-order valence-corrected chi connectivity index (χ4v) is 2.86. The lowest BCUT2D eigenvalue weighted by Gasteiger charge is -2.23. The molecule has 0 aliphatic rings. The number of nitrogens with two attached hydrogens (primary N) is 1. The first kappa shape index (κ1) is 17.1. The van der Waals surface area contributed by atoms with Crippen LogP contribution in [0.1, 0.15) is 44.1 Å². The summed E-state index contributed by atoms with van der Waals surface area (Å²) in [5, 5.41) is 0.100. The predicted octanol–water partition coefficient (Wildman–Crippen LogP) is 3.46. The second kappa shape index (κ2) is 7.14. The fraction of sp³-hybridized carbons (Fsp3) is 0.562. The zero-order valence-electron chi connectivity index (χ0n) is 13.0. The molecule has 0 radical (unpaired) electrons. The van der Waals surface area contributed by atoms with Crippen LogP contribution in [0.4, 0.5) is 0 Å². The summed E-state index contributed by atoms with van der Waals surface area (Å²) in [7, 11) is 0. The van der Waals surface area contributed by atoms with Crippen molar-refractivity contribution in [2.75, 3.05) is 5.75 Å². The van der Waals surface area contributed by atoms with E-state index in [1.807, 2.05) is 27.7 Å². The molecule has 0 amide bonds. The van der Waals surface area contributed by atoms with Gasteiger partial charge in [-0.3, -0.25) is 4.79 Å². The predicted molar refractivity (Wildman–Crippen MR) is 85.9 cm³/mol. The number of carbonyl (C=O) groups excluding carboxylic acids is 1. The third-order valence-electron chi connectivity index (χ3n) is 2.68. The minimum absolute atomic E-state index is 0.0230. The van der Waals surface area contributed by atoms with Gasteiger partial charge < -0.3 is 10.5 Å². The topological polar surface area (TPSA) is 52.3 Å². The summed E-state index contributed by atoms with van der Waals surface area (Å²) in [6.45, 7) is 9.64. The van der Waals surface area contributed by atoms with Crippen molar-refractivity contribution in [1.29, 1.82) is 0 Å². The molecule has 0 saturated heterocycles. The van der Waals surface area contributed by atoms with Crippen LogP contribution >= 0.6 is 11.8 Å². The molecule has 0 heterocycles. The van der Waals surface area contributed by atoms with Crippen molar-refractivity contribution in [2.24, 2.45) is 5.73 Å². The number of thioether (sulfide) groups is 1. The molecule has 2 N–H and O–H groups in total. The van der Waals surface area contributed by atoms with E-state index in [2.05, 4.69) is 31.2 Å². The maximum atomic E-state index is 11.8. The molecule has 0 saturated carbocycles.